The first-order valence-corrected chi connectivity index (χ1v) is 8.15. The van der Waals surface area contributed by atoms with Crippen molar-refractivity contribution < 1.29 is 19.1 Å². The van der Waals surface area contributed by atoms with E-state index in [0.717, 1.165) is 0 Å². The van der Waals surface area contributed by atoms with Crippen molar-refractivity contribution in [3.63, 3.8) is 0 Å². The molecule has 26 heavy (non-hydrogen) atoms. The lowest BCUT2D eigenvalue weighted by Gasteiger charge is -2.04. The Morgan fingerprint density at radius 2 is 1.73 bits per heavy atom. The Hall–Kier alpha value is -3.31. The van der Waals surface area contributed by atoms with Gasteiger partial charge in [0.05, 0.1) is 11.1 Å². The van der Waals surface area contributed by atoms with Crippen LogP contribution in [0.3, 0.4) is 0 Å². The number of carboxylic acids is 1. The molecular weight excluding hydrogens is 354 g/mol. The molecule has 4 aromatic rings. The first-order chi connectivity index (χ1) is 12.6. The van der Waals surface area contributed by atoms with E-state index < -0.39 is 5.97 Å². The van der Waals surface area contributed by atoms with Gasteiger partial charge in [0.2, 0.25) is 5.89 Å². The van der Waals surface area contributed by atoms with Crippen molar-refractivity contribution in [1.82, 2.24) is 4.98 Å². The van der Waals surface area contributed by atoms with E-state index >= 15 is 0 Å². The smallest absolute Gasteiger partial charge is 0.336 e. The van der Waals surface area contributed by atoms with Gasteiger partial charge in [-0.15, -0.1) is 0 Å². The van der Waals surface area contributed by atoms with Crippen molar-refractivity contribution in [2.75, 3.05) is 0 Å². The van der Waals surface area contributed by atoms with Crippen molar-refractivity contribution in [1.29, 1.82) is 0 Å². The third-order valence-electron chi connectivity index (χ3n) is 3.80. The second kappa shape index (κ2) is 6.54. The van der Waals surface area contributed by atoms with E-state index in [-0.39, 0.29) is 11.5 Å². The molecule has 0 atom stereocenters. The molecule has 0 aliphatic carbocycles. The number of carboxylic acid groups (broad SMARTS) is 1. The van der Waals surface area contributed by atoms with Crippen molar-refractivity contribution in [2.45, 2.75) is 0 Å². The minimum Gasteiger partial charge on any atom is -0.478 e. The van der Waals surface area contributed by atoms with Gasteiger partial charge in [0.1, 0.15) is 17.0 Å². The number of benzene rings is 3. The summed E-state index contributed by atoms with van der Waals surface area (Å²) in [5, 5.41) is 9.96. The highest BCUT2D eigenvalue weighted by Gasteiger charge is 2.16. The zero-order valence-corrected chi connectivity index (χ0v) is 14.1. The van der Waals surface area contributed by atoms with Crippen LogP contribution in [0.1, 0.15) is 10.4 Å². The van der Waals surface area contributed by atoms with Crippen LogP contribution >= 0.6 is 11.6 Å². The molecule has 0 radical (unpaired) electrons. The summed E-state index contributed by atoms with van der Waals surface area (Å²) in [4.78, 5) is 15.8. The summed E-state index contributed by atoms with van der Waals surface area (Å²) in [6.07, 6.45) is 0. The van der Waals surface area contributed by atoms with Crippen LogP contribution in [0.25, 0.3) is 22.6 Å². The molecule has 128 valence electrons. The Bertz CT molecular complexity index is 1100. The maximum Gasteiger partial charge on any atom is 0.336 e. The molecule has 0 fully saturated rings. The van der Waals surface area contributed by atoms with Crippen LogP contribution in [0.4, 0.5) is 0 Å². The third kappa shape index (κ3) is 3.12. The zero-order valence-electron chi connectivity index (χ0n) is 13.3. The molecule has 0 unspecified atom stereocenters. The second-order valence-corrected chi connectivity index (χ2v) is 5.99. The monoisotopic (exact) mass is 365 g/mol. The minimum atomic E-state index is -1.03. The molecular formula is C20H12ClNO4. The van der Waals surface area contributed by atoms with Crippen molar-refractivity contribution in [3.05, 3.63) is 77.3 Å². The number of aromatic nitrogens is 1. The van der Waals surface area contributed by atoms with Gasteiger partial charge in [-0.1, -0.05) is 23.7 Å². The molecule has 5 nitrogen and oxygen atoms in total. The van der Waals surface area contributed by atoms with Crippen LogP contribution < -0.4 is 4.74 Å². The van der Waals surface area contributed by atoms with Crippen LogP contribution in [-0.2, 0) is 0 Å². The molecule has 0 bridgehead atoms. The largest absolute Gasteiger partial charge is 0.478 e. The molecule has 0 saturated carbocycles. The van der Waals surface area contributed by atoms with E-state index in [2.05, 4.69) is 4.98 Å². The van der Waals surface area contributed by atoms with Gasteiger partial charge in [0.15, 0.2) is 5.58 Å². The Balaban J connectivity index is 1.70. The van der Waals surface area contributed by atoms with Crippen molar-refractivity contribution in [2.24, 2.45) is 0 Å². The third-order valence-corrected chi connectivity index (χ3v) is 4.05. The molecule has 4 rings (SSSR count). The summed E-state index contributed by atoms with van der Waals surface area (Å²) in [5.74, 6) is 0.440. The van der Waals surface area contributed by atoms with Crippen LogP contribution in [0.2, 0.25) is 5.02 Å². The summed E-state index contributed by atoms with van der Waals surface area (Å²) in [6, 6.07) is 18.8. The van der Waals surface area contributed by atoms with E-state index in [1.165, 1.54) is 6.07 Å². The maximum atomic E-state index is 11.4. The number of hydrogen-bond donors (Lipinski definition) is 1. The van der Waals surface area contributed by atoms with Gasteiger partial charge in [-0.3, -0.25) is 0 Å². The number of fused-ring (bicyclic) bond motifs is 1. The van der Waals surface area contributed by atoms with Crippen LogP contribution in [0.5, 0.6) is 11.5 Å². The molecule has 0 saturated heterocycles. The summed E-state index contributed by atoms with van der Waals surface area (Å²) in [5.41, 5.74) is 1.68. The maximum absolute atomic E-state index is 11.4. The first-order valence-electron chi connectivity index (χ1n) is 7.77. The van der Waals surface area contributed by atoms with Gasteiger partial charge in [-0.2, -0.15) is 0 Å². The lowest BCUT2D eigenvalue weighted by Crippen LogP contribution is -1.98. The second-order valence-electron chi connectivity index (χ2n) is 5.56. The number of hydrogen-bond acceptors (Lipinski definition) is 4. The van der Waals surface area contributed by atoms with Crippen molar-refractivity contribution in [3.8, 4) is 23.0 Å². The number of ether oxygens (including phenoxy) is 1. The van der Waals surface area contributed by atoms with E-state index in [0.29, 0.717) is 33.2 Å². The summed E-state index contributed by atoms with van der Waals surface area (Å²) in [7, 11) is 0. The Morgan fingerprint density at radius 3 is 2.50 bits per heavy atom. The van der Waals surface area contributed by atoms with E-state index in [4.69, 9.17) is 20.8 Å². The number of aromatic carboxylic acids is 1. The highest BCUT2D eigenvalue weighted by molar-refractivity contribution is 6.30. The van der Waals surface area contributed by atoms with Gasteiger partial charge in [-0.05, 0) is 48.5 Å². The fraction of sp³-hybridized carbons (Fsp3) is 0. The number of rotatable bonds is 4. The SMILES string of the molecule is O=C(O)c1ccccc1-c1nc2ccc(Oc3ccc(Cl)cc3)cc2o1. The van der Waals surface area contributed by atoms with Gasteiger partial charge in [0, 0.05) is 11.1 Å². The fourth-order valence-corrected chi connectivity index (χ4v) is 2.70. The molecule has 0 aliphatic rings. The predicted octanol–water partition coefficient (Wildman–Crippen LogP) is 5.64. The fourth-order valence-electron chi connectivity index (χ4n) is 2.58. The molecule has 1 N–H and O–H groups in total. The predicted molar refractivity (Wildman–Crippen MR) is 97.9 cm³/mol. The molecule has 0 amide bonds. The van der Waals surface area contributed by atoms with Gasteiger partial charge in [-0.25, -0.2) is 9.78 Å². The molecule has 6 heteroatoms. The summed E-state index contributed by atoms with van der Waals surface area (Å²) in [6.45, 7) is 0. The first kappa shape index (κ1) is 16.2. The lowest BCUT2D eigenvalue weighted by molar-refractivity contribution is 0.0697. The topological polar surface area (TPSA) is 72.6 Å². The summed E-state index contributed by atoms with van der Waals surface area (Å²) >= 11 is 5.87. The van der Waals surface area contributed by atoms with E-state index in [1.807, 2.05) is 0 Å². The Labute approximate surface area is 153 Å². The van der Waals surface area contributed by atoms with E-state index in [9.17, 15) is 9.90 Å². The number of oxazole rings is 1. The van der Waals surface area contributed by atoms with Gasteiger partial charge in [0.25, 0.3) is 0 Å². The van der Waals surface area contributed by atoms with E-state index in [1.54, 1.807) is 60.7 Å². The molecule has 0 spiro atoms. The zero-order chi connectivity index (χ0) is 18.1. The Kier molecular flexibility index (Phi) is 4.07. The van der Waals surface area contributed by atoms with Crippen LogP contribution in [0.15, 0.2) is 71.1 Å². The average Bonchev–Trinajstić information content (AvgIpc) is 3.07. The quantitative estimate of drug-likeness (QED) is 0.506. The Morgan fingerprint density at radius 1 is 1.00 bits per heavy atom. The highest BCUT2D eigenvalue weighted by atomic mass is 35.5. The lowest BCUT2D eigenvalue weighted by atomic mass is 10.1. The minimum absolute atomic E-state index is 0.136. The number of halogens is 1. The molecule has 0 aliphatic heterocycles. The van der Waals surface area contributed by atoms with Crippen molar-refractivity contribution >= 4 is 28.7 Å². The normalized spacial score (nSPS) is 10.8. The van der Waals surface area contributed by atoms with Gasteiger partial charge >= 0.3 is 5.97 Å². The van der Waals surface area contributed by atoms with Gasteiger partial charge < -0.3 is 14.3 Å². The molecule has 1 heterocycles. The molecule has 1 aromatic heterocycles. The molecule has 3 aromatic carbocycles. The summed E-state index contributed by atoms with van der Waals surface area (Å²) < 4.78 is 11.5. The van der Waals surface area contributed by atoms with Crippen LogP contribution in [-0.4, -0.2) is 16.1 Å². The van der Waals surface area contributed by atoms with Crippen LogP contribution in [0, 0.1) is 0 Å². The standard InChI is InChI=1S/C20H12ClNO4/c21-12-5-7-13(8-6-12)25-14-9-10-17-18(11-14)26-19(22-17)15-3-1-2-4-16(15)20(23)24/h1-11H,(H,23,24). The number of nitrogens with zero attached hydrogens (tertiary/aromatic N) is 1. The average molecular weight is 366 g/mol. The highest BCUT2D eigenvalue weighted by Crippen LogP contribution is 2.31. The number of carbonyl (C=O) groups is 1.